The predicted molar refractivity (Wildman–Crippen MR) is 71.5 cm³/mol. The van der Waals surface area contributed by atoms with E-state index in [1.165, 1.54) is 6.92 Å². The summed E-state index contributed by atoms with van der Waals surface area (Å²) in [5.74, 6) is -0.508. The molecule has 100 valence electrons. The highest BCUT2D eigenvalue weighted by Crippen LogP contribution is 2.22. The van der Waals surface area contributed by atoms with E-state index in [1.807, 2.05) is 13.1 Å². The van der Waals surface area contributed by atoms with Gasteiger partial charge in [-0.15, -0.1) is 6.58 Å². The van der Waals surface area contributed by atoms with Crippen molar-refractivity contribution in [3.63, 3.8) is 0 Å². The summed E-state index contributed by atoms with van der Waals surface area (Å²) in [6.07, 6.45) is 3.52. The molecule has 0 saturated heterocycles. The Morgan fingerprint density at radius 3 is 2.74 bits per heavy atom. The molecule has 0 fully saturated rings. The second-order valence-corrected chi connectivity index (χ2v) is 4.35. The van der Waals surface area contributed by atoms with Gasteiger partial charge in [-0.1, -0.05) is 6.08 Å². The van der Waals surface area contributed by atoms with E-state index in [0.717, 1.165) is 17.8 Å². The van der Waals surface area contributed by atoms with Crippen LogP contribution in [0.25, 0.3) is 0 Å². The Morgan fingerprint density at radius 2 is 2.05 bits per heavy atom. The molecule has 0 aliphatic heterocycles. The van der Waals surface area contributed by atoms with Crippen LogP contribution in [0.1, 0.15) is 11.3 Å². The Hall–Kier alpha value is -2.17. The minimum atomic E-state index is -0.510. The van der Waals surface area contributed by atoms with Crippen LogP contribution in [-0.2, 0) is 6.54 Å². The van der Waals surface area contributed by atoms with E-state index in [4.69, 9.17) is 0 Å². The van der Waals surface area contributed by atoms with Gasteiger partial charge in [0.15, 0.2) is 0 Å². The third-order valence-electron chi connectivity index (χ3n) is 2.72. The molecule has 0 saturated carbocycles. The zero-order valence-corrected chi connectivity index (χ0v) is 10.9. The van der Waals surface area contributed by atoms with Crippen LogP contribution in [0.2, 0.25) is 0 Å². The standard InChI is InChI=1S/C14H15F2N3/c1-4-5-19-8-10(3)17-14(19)18-13-7-11(15)9(2)6-12(13)16/h4,6-8H,1,5H2,2-3H3,(H,17,18). The van der Waals surface area contributed by atoms with Crippen LogP contribution in [0.15, 0.2) is 31.0 Å². The molecule has 0 spiro atoms. The fourth-order valence-electron chi connectivity index (χ4n) is 1.79. The molecule has 3 nitrogen and oxygen atoms in total. The van der Waals surface area contributed by atoms with E-state index >= 15 is 0 Å². The maximum atomic E-state index is 13.8. The van der Waals surface area contributed by atoms with Gasteiger partial charge in [-0.05, 0) is 25.5 Å². The van der Waals surface area contributed by atoms with Crippen LogP contribution in [-0.4, -0.2) is 9.55 Å². The zero-order chi connectivity index (χ0) is 14.0. The molecule has 0 bridgehead atoms. The topological polar surface area (TPSA) is 29.9 Å². The van der Waals surface area contributed by atoms with Crippen molar-refractivity contribution in [1.29, 1.82) is 0 Å². The Kier molecular flexibility index (Phi) is 3.64. The lowest BCUT2D eigenvalue weighted by Crippen LogP contribution is -2.04. The van der Waals surface area contributed by atoms with Gasteiger partial charge in [0.1, 0.15) is 11.6 Å². The Labute approximate surface area is 110 Å². The zero-order valence-electron chi connectivity index (χ0n) is 10.9. The van der Waals surface area contributed by atoms with E-state index in [9.17, 15) is 8.78 Å². The van der Waals surface area contributed by atoms with Crippen molar-refractivity contribution in [2.75, 3.05) is 5.32 Å². The monoisotopic (exact) mass is 263 g/mol. The number of halogens is 2. The highest BCUT2D eigenvalue weighted by Gasteiger charge is 2.11. The SMILES string of the molecule is C=CCn1cc(C)nc1Nc1cc(F)c(C)cc1F. The van der Waals surface area contributed by atoms with Crippen molar-refractivity contribution in [3.05, 3.63) is 53.9 Å². The number of rotatable bonds is 4. The molecule has 1 aromatic heterocycles. The molecule has 0 aliphatic rings. The van der Waals surface area contributed by atoms with Gasteiger partial charge in [-0.2, -0.15) is 0 Å². The first-order chi connectivity index (χ1) is 9.01. The first-order valence-corrected chi connectivity index (χ1v) is 5.88. The Morgan fingerprint density at radius 1 is 1.32 bits per heavy atom. The van der Waals surface area contributed by atoms with Crippen LogP contribution in [0.4, 0.5) is 20.4 Å². The van der Waals surface area contributed by atoms with E-state index in [2.05, 4.69) is 16.9 Å². The molecule has 2 aromatic rings. The summed E-state index contributed by atoms with van der Waals surface area (Å²) in [4.78, 5) is 4.23. The second kappa shape index (κ2) is 5.22. The molecular formula is C14H15F2N3. The highest BCUT2D eigenvalue weighted by molar-refractivity contribution is 5.56. The Bertz CT molecular complexity index is 617. The highest BCUT2D eigenvalue weighted by atomic mass is 19.1. The van der Waals surface area contributed by atoms with Crippen LogP contribution in [0.5, 0.6) is 0 Å². The molecule has 0 unspecified atom stereocenters. The number of allylic oxidation sites excluding steroid dienone is 1. The van der Waals surface area contributed by atoms with Gasteiger partial charge < -0.3 is 9.88 Å². The molecule has 19 heavy (non-hydrogen) atoms. The quantitative estimate of drug-likeness (QED) is 0.852. The van der Waals surface area contributed by atoms with Gasteiger partial charge in [-0.3, -0.25) is 0 Å². The summed E-state index contributed by atoms with van der Waals surface area (Å²) in [6, 6.07) is 2.29. The van der Waals surface area contributed by atoms with Crippen LogP contribution in [0.3, 0.4) is 0 Å². The van der Waals surface area contributed by atoms with Crippen molar-refractivity contribution in [2.45, 2.75) is 20.4 Å². The van der Waals surface area contributed by atoms with Crippen LogP contribution < -0.4 is 5.32 Å². The number of aryl methyl sites for hydroxylation is 2. The molecule has 1 heterocycles. The van der Waals surface area contributed by atoms with Crippen molar-refractivity contribution in [1.82, 2.24) is 9.55 Å². The van der Waals surface area contributed by atoms with Gasteiger partial charge in [0.05, 0.1) is 11.4 Å². The second-order valence-electron chi connectivity index (χ2n) is 4.35. The van der Waals surface area contributed by atoms with Gasteiger partial charge >= 0.3 is 0 Å². The number of nitrogens with zero attached hydrogens (tertiary/aromatic N) is 2. The van der Waals surface area contributed by atoms with Gasteiger partial charge in [-0.25, -0.2) is 13.8 Å². The average Bonchev–Trinajstić information content (AvgIpc) is 2.67. The van der Waals surface area contributed by atoms with Gasteiger partial charge in [0.25, 0.3) is 0 Å². The fraction of sp³-hybridized carbons (Fsp3) is 0.214. The van der Waals surface area contributed by atoms with Crippen molar-refractivity contribution < 1.29 is 8.78 Å². The van der Waals surface area contributed by atoms with Gasteiger partial charge in [0.2, 0.25) is 5.95 Å². The van der Waals surface area contributed by atoms with Crippen LogP contribution >= 0.6 is 0 Å². The van der Waals surface area contributed by atoms with Crippen LogP contribution in [0, 0.1) is 25.5 Å². The maximum Gasteiger partial charge on any atom is 0.207 e. The van der Waals surface area contributed by atoms with E-state index in [0.29, 0.717) is 12.5 Å². The number of benzene rings is 1. The predicted octanol–water partition coefficient (Wildman–Crippen LogP) is 3.71. The largest absolute Gasteiger partial charge is 0.323 e. The summed E-state index contributed by atoms with van der Waals surface area (Å²) >= 11 is 0. The van der Waals surface area contributed by atoms with E-state index in [-0.39, 0.29) is 11.3 Å². The van der Waals surface area contributed by atoms with E-state index < -0.39 is 11.6 Å². The van der Waals surface area contributed by atoms with E-state index in [1.54, 1.807) is 10.6 Å². The lowest BCUT2D eigenvalue weighted by atomic mass is 10.2. The summed E-state index contributed by atoms with van der Waals surface area (Å²) in [5.41, 5.74) is 1.13. The first kappa shape index (κ1) is 13.3. The lowest BCUT2D eigenvalue weighted by Gasteiger charge is -2.09. The number of anilines is 2. The molecule has 1 aromatic carbocycles. The maximum absolute atomic E-state index is 13.8. The number of imidazole rings is 1. The average molecular weight is 263 g/mol. The molecule has 1 N–H and O–H groups in total. The smallest absolute Gasteiger partial charge is 0.207 e. The number of aromatic nitrogens is 2. The van der Waals surface area contributed by atoms with Crippen molar-refractivity contribution >= 4 is 11.6 Å². The summed E-state index contributed by atoms with van der Waals surface area (Å²) in [5, 5.41) is 2.80. The summed E-state index contributed by atoms with van der Waals surface area (Å²) in [6.45, 7) is 7.54. The number of nitrogens with one attached hydrogen (secondary N) is 1. The molecule has 0 aliphatic carbocycles. The number of hydrogen-bond donors (Lipinski definition) is 1. The fourth-order valence-corrected chi connectivity index (χ4v) is 1.79. The molecular weight excluding hydrogens is 248 g/mol. The minimum absolute atomic E-state index is 0.0685. The van der Waals surface area contributed by atoms with Crippen molar-refractivity contribution in [2.24, 2.45) is 0 Å². The van der Waals surface area contributed by atoms with Crippen molar-refractivity contribution in [3.8, 4) is 0 Å². The third-order valence-corrected chi connectivity index (χ3v) is 2.72. The molecule has 0 atom stereocenters. The molecule has 0 radical (unpaired) electrons. The third kappa shape index (κ3) is 2.81. The molecule has 2 rings (SSSR count). The van der Waals surface area contributed by atoms with Gasteiger partial charge in [0, 0.05) is 18.8 Å². The number of hydrogen-bond acceptors (Lipinski definition) is 2. The lowest BCUT2D eigenvalue weighted by molar-refractivity contribution is 0.595. The molecule has 0 amide bonds. The molecule has 5 heteroatoms. The summed E-state index contributed by atoms with van der Waals surface area (Å²) in [7, 11) is 0. The Balaban J connectivity index is 2.35. The normalized spacial score (nSPS) is 10.5. The minimum Gasteiger partial charge on any atom is -0.323 e. The first-order valence-electron chi connectivity index (χ1n) is 5.88. The summed E-state index contributed by atoms with van der Waals surface area (Å²) < 4.78 is 29.0.